The van der Waals surface area contributed by atoms with Gasteiger partial charge in [-0.3, -0.25) is 4.79 Å². The molecular formula is C13H23N3O2. The first-order chi connectivity index (χ1) is 8.35. The fourth-order valence-electron chi connectivity index (χ4n) is 1.87. The Hall–Kier alpha value is -1.49. The molecule has 0 saturated carbocycles. The molecule has 4 N–H and O–H groups in total. The van der Waals surface area contributed by atoms with Crippen LogP contribution >= 0.6 is 0 Å². The lowest BCUT2D eigenvalue weighted by Gasteiger charge is -2.24. The highest BCUT2D eigenvalue weighted by Crippen LogP contribution is 2.21. The summed E-state index contributed by atoms with van der Waals surface area (Å²) < 4.78 is 1.71. The van der Waals surface area contributed by atoms with Crippen LogP contribution in [0.3, 0.4) is 0 Å². The Labute approximate surface area is 108 Å². The number of hydrogen-bond acceptors (Lipinski definition) is 3. The maximum Gasteiger partial charge on any atom is 0.267 e. The maximum absolute atomic E-state index is 12.0. The van der Waals surface area contributed by atoms with Crippen molar-refractivity contribution in [3.8, 4) is 0 Å². The van der Waals surface area contributed by atoms with Crippen LogP contribution < -0.4 is 11.1 Å². The minimum Gasteiger partial charge on any atom is -0.397 e. The minimum atomic E-state index is -0.119. The second-order valence-electron chi connectivity index (χ2n) is 5.44. The van der Waals surface area contributed by atoms with E-state index < -0.39 is 0 Å². The van der Waals surface area contributed by atoms with Gasteiger partial charge in [0.05, 0.1) is 5.69 Å². The Balaban J connectivity index is 2.53. The van der Waals surface area contributed by atoms with E-state index in [1.54, 1.807) is 23.9 Å². The van der Waals surface area contributed by atoms with Crippen LogP contribution in [0.2, 0.25) is 0 Å². The van der Waals surface area contributed by atoms with E-state index in [1.165, 1.54) is 0 Å². The van der Waals surface area contributed by atoms with Gasteiger partial charge in [0.1, 0.15) is 5.69 Å². The Morgan fingerprint density at radius 2 is 2.22 bits per heavy atom. The molecule has 1 amide bonds. The van der Waals surface area contributed by atoms with Gasteiger partial charge in [0.25, 0.3) is 5.91 Å². The zero-order chi connectivity index (χ0) is 13.8. The van der Waals surface area contributed by atoms with E-state index in [-0.39, 0.29) is 17.9 Å². The molecule has 0 aliphatic heterocycles. The summed E-state index contributed by atoms with van der Waals surface area (Å²) in [6, 6.07) is 1.66. The van der Waals surface area contributed by atoms with Gasteiger partial charge >= 0.3 is 0 Å². The fraction of sp³-hybridized carbons (Fsp3) is 0.615. The number of aromatic nitrogens is 1. The van der Waals surface area contributed by atoms with Crippen LogP contribution in [0.1, 0.15) is 37.2 Å². The number of aliphatic hydroxyl groups is 1. The molecule has 1 aromatic rings. The number of nitrogens with zero attached hydrogens (tertiary/aromatic N) is 1. The quantitative estimate of drug-likeness (QED) is 0.711. The van der Waals surface area contributed by atoms with Crippen LogP contribution in [0, 0.1) is 5.41 Å². The summed E-state index contributed by atoms with van der Waals surface area (Å²) in [6.45, 7) is 4.91. The molecule has 0 aromatic carbocycles. The van der Waals surface area contributed by atoms with Gasteiger partial charge in [0, 0.05) is 26.4 Å². The summed E-state index contributed by atoms with van der Waals surface area (Å²) in [5, 5.41) is 11.7. The van der Waals surface area contributed by atoms with Crippen LogP contribution in [0.4, 0.5) is 5.69 Å². The monoisotopic (exact) mass is 253 g/mol. The molecule has 5 heteroatoms. The molecule has 0 atom stereocenters. The van der Waals surface area contributed by atoms with Crippen molar-refractivity contribution < 1.29 is 9.90 Å². The highest BCUT2D eigenvalue weighted by atomic mass is 16.2. The van der Waals surface area contributed by atoms with Gasteiger partial charge < -0.3 is 20.7 Å². The van der Waals surface area contributed by atoms with Crippen molar-refractivity contribution >= 4 is 11.6 Å². The summed E-state index contributed by atoms with van der Waals surface area (Å²) in [5.74, 6) is -0.119. The molecule has 1 rings (SSSR count). The number of amides is 1. The van der Waals surface area contributed by atoms with E-state index in [9.17, 15) is 4.79 Å². The highest BCUT2D eigenvalue weighted by Gasteiger charge is 2.19. The molecule has 0 radical (unpaired) electrons. The molecule has 0 aliphatic rings. The van der Waals surface area contributed by atoms with Crippen LogP contribution in [0.15, 0.2) is 12.3 Å². The summed E-state index contributed by atoms with van der Waals surface area (Å²) in [5.41, 5.74) is 6.76. The Bertz CT molecular complexity index is 410. The molecule has 102 valence electrons. The predicted molar refractivity (Wildman–Crippen MR) is 72.3 cm³/mol. The van der Waals surface area contributed by atoms with Crippen LogP contribution in [-0.2, 0) is 7.05 Å². The summed E-state index contributed by atoms with van der Waals surface area (Å²) >= 11 is 0. The second-order valence-corrected chi connectivity index (χ2v) is 5.44. The van der Waals surface area contributed by atoms with Crippen molar-refractivity contribution in [2.45, 2.75) is 26.7 Å². The summed E-state index contributed by atoms with van der Waals surface area (Å²) in [7, 11) is 1.79. The number of nitrogen functional groups attached to an aromatic ring is 1. The number of aliphatic hydroxyl groups excluding tert-OH is 1. The van der Waals surface area contributed by atoms with Crippen molar-refractivity contribution in [3.05, 3.63) is 18.0 Å². The zero-order valence-corrected chi connectivity index (χ0v) is 11.4. The summed E-state index contributed by atoms with van der Waals surface area (Å²) in [4.78, 5) is 12.0. The normalized spacial score (nSPS) is 11.6. The minimum absolute atomic E-state index is 0.0188. The summed E-state index contributed by atoms with van der Waals surface area (Å²) in [6.07, 6.45) is 3.34. The van der Waals surface area contributed by atoms with Crippen LogP contribution in [0.25, 0.3) is 0 Å². The number of rotatable bonds is 6. The van der Waals surface area contributed by atoms with Crippen molar-refractivity contribution in [2.75, 3.05) is 18.9 Å². The number of carbonyl (C=O) groups is 1. The highest BCUT2D eigenvalue weighted by molar-refractivity contribution is 5.93. The molecular weight excluding hydrogens is 230 g/mol. The van der Waals surface area contributed by atoms with Gasteiger partial charge in [0.15, 0.2) is 0 Å². The number of hydrogen-bond donors (Lipinski definition) is 3. The third kappa shape index (κ3) is 4.07. The first-order valence-corrected chi connectivity index (χ1v) is 6.16. The lowest BCUT2D eigenvalue weighted by atomic mass is 9.88. The number of anilines is 1. The van der Waals surface area contributed by atoms with Gasteiger partial charge in [-0.05, 0) is 24.3 Å². The molecule has 0 unspecified atom stereocenters. The Morgan fingerprint density at radius 1 is 1.56 bits per heavy atom. The largest absolute Gasteiger partial charge is 0.397 e. The second kappa shape index (κ2) is 5.91. The molecule has 0 bridgehead atoms. The number of nitrogens with two attached hydrogens (primary N) is 1. The van der Waals surface area contributed by atoms with Gasteiger partial charge in [-0.25, -0.2) is 0 Å². The van der Waals surface area contributed by atoms with E-state index in [0.717, 1.165) is 12.8 Å². The molecule has 5 nitrogen and oxygen atoms in total. The number of aryl methyl sites for hydroxylation is 1. The van der Waals surface area contributed by atoms with E-state index in [4.69, 9.17) is 10.8 Å². The molecule has 0 fully saturated rings. The number of carbonyl (C=O) groups excluding carboxylic acids is 1. The fourth-order valence-corrected chi connectivity index (χ4v) is 1.87. The average molecular weight is 253 g/mol. The molecule has 0 saturated heterocycles. The molecule has 18 heavy (non-hydrogen) atoms. The molecule has 0 aliphatic carbocycles. The van der Waals surface area contributed by atoms with Crippen molar-refractivity contribution in [3.63, 3.8) is 0 Å². The lowest BCUT2D eigenvalue weighted by Crippen LogP contribution is -2.34. The number of nitrogens with one attached hydrogen (secondary N) is 1. The van der Waals surface area contributed by atoms with E-state index in [0.29, 0.717) is 17.9 Å². The van der Waals surface area contributed by atoms with Crippen molar-refractivity contribution in [2.24, 2.45) is 12.5 Å². The van der Waals surface area contributed by atoms with Gasteiger partial charge in [-0.15, -0.1) is 0 Å². The van der Waals surface area contributed by atoms with Gasteiger partial charge in [-0.1, -0.05) is 13.8 Å². The first-order valence-electron chi connectivity index (χ1n) is 6.16. The first kappa shape index (κ1) is 14.6. The van der Waals surface area contributed by atoms with Gasteiger partial charge in [0.2, 0.25) is 0 Å². The standard InChI is InChI=1S/C13H23N3O2/c1-13(2,5-4-6-17)9-15-12(18)11-7-10(14)8-16(11)3/h7-8,17H,4-6,9,14H2,1-3H3,(H,15,18). The van der Waals surface area contributed by atoms with Crippen molar-refractivity contribution in [1.82, 2.24) is 9.88 Å². The molecule has 1 heterocycles. The smallest absolute Gasteiger partial charge is 0.267 e. The Kier molecular flexibility index (Phi) is 4.78. The average Bonchev–Trinajstić information content (AvgIpc) is 2.63. The van der Waals surface area contributed by atoms with E-state index >= 15 is 0 Å². The SMILES string of the molecule is Cn1cc(N)cc1C(=O)NCC(C)(C)CCCO. The Morgan fingerprint density at radius 3 is 2.72 bits per heavy atom. The van der Waals surface area contributed by atoms with E-state index in [1.807, 2.05) is 0 Å². The van der Waals surface area contributed by atoms with E-state index in [2.05, 4.69) is 19.2 Å². The zero-order valence-electron chi connectivity index (χ0n) is 11.4. The molecule has 1 aromatic heterocycles. The van der Waals surface area contributed by atoms with Crippen molar-refractivity contribution in [1.29, 1.82) is 0 Å². The predicted octanol–water partition coefficient (Wildman–Crippen LogP) is 1.14. The topological polar surface area (TPSA) is 80.3 Å². The van der Waals surface area contributed by atoms with Crippen LogP contribution in [-0.4, -0.2) is 28.7 Å². The third-order valence-electron chi connectivity index (χ3n) is 3.00. The third-order valence-corrected chi connectivity index (χ3v) is 3.00. The lowest BCUT2D eigenvalue weighted by molar-refractivity contribution is 0.0925. The van der Waals surface area contributed by atoms with Gasteiger partial charge in [-0.2, -0.15) is 0 Å². The maximum atomic E-state index is 12.0. The molecule has 0 spiro atoms. The van der Waals surface area contributed by atoms with Crippen LogP contribution in [0.5, 0.6) is 0 Å².